The quantitative estimate of drug-likeness (QED) is 0.488. The van der Waals surface area contributed by atoms with Crippen molar-refractivity contribution in [3.05, 3.63) is 83.1 Å². The number of hydrogen-bond donors (Lipinski definition) is 1. The Bertz CT molecular complexity index is 1300. The number of nitrogens with zero attached hydrogens (tertiary/aromatic N) is 2. The average molecular weight is 496 g/mol. The number of benzene rings is 3. The molecule has 2 aliphatic heterocycles. The number of nitrogens with two attached hydrogens (primary N) is 1. The molecule has 34 heavy (non-hydrogen) atoms. The van der Waals surface area contributed by atoms with Crippen LogP contribution in [0, 0.1) is 5.82 Å². The Labute approximate surface area is 206 Å². The summed E-state index contributed by atoms with van der Waals surface area (Å²) in [7, 11) is 1.62. The van der Waals surface area contributed by atoms with E-state index in [2.05, 4.69) is 4.99 Å². The molecule has 2 N–H and O–H groups in total. The van der Waals surface area contributed by atoms with Crippen LogP contribution in [0.15, 0.2) is 76.6 Å². The van der Waals surface area contributed by atoms with Gasteiger partial charge in [-0.15, -0.1) is 11.8 Å². The van der Waals surface area contributed by atoms with Gasteiger partial charge in [0.2, 0.25) is 0 Å². The topological polar surface area (TPSA) is 67.9 Å². The van der Waals surface area contributed by atoms with Crippen molar-refractivity contribution >= 4 is 35.2 Å². The van der Waals surface area contributed by atoms with E-state index in [4.69, 9.17) is 22.1 Å². The molecule has 0 saturated heterocycles. The summed E-state index contributed by atoms with van der Waals surface area (Å²) in [5, 5.41) is 0.295. The van der Waals surface area contributed by atoms with Gasteiger partial charge < -0.3 is 10.5 Å². The number of rotatable bonds is 4. The van der Waals surface area contributed by atoms with Crippen LogP contribution in [-0.2, 0) is 10.3 Å². The van der Waals surface area contributed by atoms with Crippen LogP contribution in [0.3, 0.4) is 0 Å². The Hall–Kier alpha value is -3.03. The highest BCUT2D eigenvalue weighted by molar-refractivity contribution is 7.99. The molecule has 0 radical (unpaired) electrons. The summed E-state index contributed by atoms with van der Waals surface area (Å²) in [6, 6.07) is 19.9. The van der Waals surface area contributed by atoms with Crippen molar-refractivity contribution < 1.29 is 13.9 Å². The Kier molecular flexibility index (Phi) is 5.57. The van der Waals surface area contributed by atoms with Gasteiger partial charge in [-0.2, -0.15) is 0 Å². The van der Waals surface area contributed by atoms with Crippen LogP contribution in [0.25, 0.3) is 11.1 Å². The fourth-order valence-electron chi connectivity index (χ4n) is 4.60. The zero-order valence-electron chi connectivity index (χ0n) is 18.7. The lowest BCUT2D eigenvalue weighted by Gasteiger charge is -2.43. The number of halogens is 2. The zero-order chi connectivity index (χ0) is 24.1. The second-order valence-corrected chi connectivity index (χ2v) is 10.4. The molecule has 0 fully saturated rings. The van der Waals surface area contributed by atoms with Crippen LogP contribution < -0.4 is 10.5 Å². The van der Waals surface area contributed by atoms with Gasteiger partial charge in [0.05, 0.1) is 0 Å². The van der Waals surface area contributed by atoms with Crippen molar-refractivity contribution in [2.24, 2.45) is 10.7 Å². The number of fused-ring (bicyclic) bond motifs is 2. The molecule has 174 valence electrons. The fraction of sp³-hybridized carbons (Fsp3) is 0.231. The van der Waals surface area contributed by atoms with E-state index in [0.29, 0.717) is 39.6 Å². The van der Waals surface area contributed by atoms with Crippen LogP contribution in [-0.4, -0.2) is 35.2 Å². The molecule has 1 amide bonds. The molecule has 2 heterocycles. The molecule has 5 nitrogen and oxygen atoms in total. The van der Waals surface area contributed by atoms with Crippen molar-refractivity contribution in [2.75, 3.05) is 12.8 Å². The zero-order valence-corrected chi connectivity index (χ0v) is 20.3. The fourth-order valence-corrected chi connectivity index (χ4v) is 5.81. The first kappa shape index (κ1) is 22.7. The number of carbonyl (C=O) groups is 1. The minimum absolute atomic E-state index is 0.162. The number of thioether (sulfide) groups is 1. The normalized spacial score (nSPS) is 23.6. The summed E-state index contributed by atoms with van der Waals surface area (Å²) >= 11 is 7.74. The molecule has 2 unspecified atom stereocenters. The lowest BCUT2D eigenvalue weighted by atomic mass is 9.76. The summed E-state index contributed by atoms with van der Waals surface area (Å²) in [5.41, 5.74) is 6.15. The lowest BCUT2D eigenvalue weighted by Crippen LogP contribution is -2.51. The van der Waals surface area contributed by atoms with Crippen molar-refractivity contribution in [2.45, 2.75) is 29.4 Å². The van der Waals surface area contributed by atoms with E-state index in [0.717, 1.165) is 4.90 Å². The molecule has 0 saturated carbocycles. The van der Waals surface area contributed by atoms with Gasteiger partial charge in [0, 0.05) is 34.7 Å². The minimum atomic E-state index is -1.22. The molecule has 3 aromatic rings. The van der Waals surface area contributed by atoms with Crippen LogP contribution in [0.1, 0.15) is 18.9 Å². The average Bonchev–Trinajstić information content (AvgIpc) is 3.01. The Morgan fingerprint density at radius 1 is 1.15 bits per heavy atom. The Morgan fingerprint density at radius 2 is 1.91 bits per heavy atom. The van der Waals surface area contributed by atoms with Crippen LogP contribution in [0.5, 0.6) is 5.75 Å². The minimum Gasteiger partial charge on any atom is -0.486 e. The van der Waals surface area contributed by atoms with Gasteiger partial charge in [0.25, 0.3) is 5.91 Å². The van der Waals surface area contributed by atoms with E-state index in [1.165, 1.54) is 17.0 Å². The SMILES string of the molecule is CN1C(=O)C2(CC(C)(CSc3ccccc3)Oc3ccc(-c4cc(F)cc(Cl)c4)cc32)N=C1N. The van der Waals surface area contributed by atoms with Gasteiger partial charge in [-0.1, -0.05) is 35.9 Å². The number of amides is 1. The van der Waals surface area contributed by atoms with Crippen LogP contribution in [0.4, 0.5) is 4.39 Å². The maximum absolute atomic E-state index is 14.0. The first-order valence-electron chi connectivity index (χ1n) is 10.8. The molecule has 5 rings (SSSR count). The number of carbonyl (C=O) groups excluding carboxylic acids is 1. The van der Waals surface area contributed by atoms with Crippen molar-refractivity contribution in [3.8, 4) is 16.9 Å². The summed E-state index contributed by atoms with van der Waals surface area (Å²) < 4.78 is 20.5. The van der Waals surface area contributed by atoms with Gasteiger partial charge in [0.15, 0.2) is 11.5 Å². The van der Waals surface area contributed by atoms with Crippen LogP contribution >= 0.6 is 23.4 Å². The lowest BCUT2D eigenvalue weighted by molar-refractivity contribution is -0.133. The van der Waals surface area contributed by atoms with Gasteiger partial charge >= 0.3 is 0 Å². The molecule has 0 bridgehead atoms. The van der Waals surface area contributed by atoms with Gasteiger partial charge in [-0.3, -0.25) is 9.69 Å². The molecule has 1 spiro atoms. The van der Waals surface area contributed by atoms with Crippen molar-refractivity contribution in [1.29, 1.82) is 0 Å². The Balaban J connectivity index is 1.59. The standard InChI is InChI=1S/C26H23ClFN3O2S/c1-25(15-34-20-6-4-3-5-7-20)14-26(23(32)31(2)24(29)30-26)21-12-16(8-9-22(21)33-25)17-10-18(27)13-19(28)11-17/h3-13H,14-15H2,1-2H3,(H2,29,30). The second kappa shape index (κ2) is 8.32. The smallest absolute Gasteiger partial charge is 0.261 e. The third-order valence-corrected chi connectivity index (χ3v) is 7.78. The molecule has 3 aromatic carbocycles. The number of aliphatic imine (C=N–C) groups is 1. The first-order chi connectivity index (χ1) is 16.2. The molecule has 0 aliphatic carbocycles. The summed E-state index contributed by atoms with van der Waals surface area (Å²) in [4.78, 5) is 20.7. The molecular formula is C26H23ClFN3O2S. The first-order valence-corrected chi connectivity index (χ1v) is 12.2. The van der Waals surface area contributed by atoms with Gasteiger partial charge in [0.1, 0.15) is 17.2 Å². The monoisotopic (exact) mass is 495 g/mol. The van der Waals surface area contributed by atoms with Crippen molar-refractivity contribution in [1.82, 2.24) is 4.90 Å². The predicted molar refractivity (Wildman–Crippen MR) is 134 cm³/mol. The van der Waals surface area contributed by atoms with Gasteiger partial charge in [-0.25, -0.2) is 9.38 Å². The maximum Gasteiger partial charge on any atom is 0.261 e. The number of guanidine groups is 1. The molecule has 0 aromatic heterocycles. The molecule has 2 atom stereocenters. The number of hydrogen-bond acceptors (Lipinski definition) is 5. The molecule has 2 aliphatic rings. The van der Waals surface area contributed by atoms with E-state index in [9.17, 15) is 9.18 Å². The Morgan fingerprint density at radius 3 is 2.59 bits per heavy atom. The largest absolute Gasteiger partial charge is 0.486 e. The number of likely N-dealkylation sites (N-methyl/N-ethyl adjacent to an activating group) is 1. The van der Waals surface area contributed by atoms with E-state index < -0.39 is 17.0 Å². The third-order valence-electron chi connectivity index (χ3n) is 6.20. The molecular weight excluding hydrogens is 473 g/mol. The highest BCUT2D eigenvalue weighted by Gasteiger charge is 2.56. The van der Waals surface area contributed by atoms with E-state index >= 15 is 0 Å². The summed E-state index contributed by atoms with van der Waals surface area (Å²) in [6.45, 7) is 1.99. The van der Waals surface area contributed by atoms with Crippen LogP contribution in [0.2, 0.25) is 5.02 Å². The maximum atomic E-state index is 14.0. The highest BCUT2D eigenvalue weighted by Crippen LogP contribution is 2.51. The van der Waals surface area contributed by atoms with E-state index in [1.807, 2.05) is 55.5 Å². The third kappa shape index (κ3) is 3.93. The summed E-state index contributed by atoms with van der Waals surface area (Å²) in [6.07, 6.45) is 0.323. The van der Waals surface area contributed by atoms with Gasteiger partial charge in [-0.05, 0) is 60.5 Å². The molecule has 8 heteroatoms. The highest BCUT2D eigenvalue weighted by atomic mass is 35.5. The number of ether oxygens (including phenoxy) is 1. The predicted octanol–water partition coefficient (Wildman–Crippen LogP) is 5.46. The second-order valence-electron chi connectivity index (χ2n) is 8.89. The van der Waals surface area contributed by atoms with Crippen molar-refractivity contribution in [3.63, 3.8) is 0 Å². The van der Waals surface area contributed by atoms with E-state index in [-0.39, 0.29) is 11.9 Å². The summed E-state index contributed by atoms with van der Waals surface area (Å²) in [5.74, 6) is 0.700. The van der Waals surface area contributed by atoms with E-state index in [1.54, 1.807) is 24.9 Å².